The number of benzene rings is 1. The van der Waals surface area contributed by atoms with Gasteiger partial charge in [0.05, 0.1) is 0 Å². The Morgan fingerprint density at radius 3 is 2.19 bits per heavy atom. The van der Waals surface area contributed by atoms with Crippen molar-refractivity contribution < 1.29 is 24.3 Å². The molecule has 0 aliphatic heterocycles. The van der Waals surface area contributed by atoms with Crippen LogP contribution < -0.4 is 5.32 Å². The van der Waals surface area contributed by atoms with Crippen LogP contribution in [0.1, 0.15) is 34.6 Å². The fourth-order valence-electron chi connectivity index (χ4n) is 1.62. The first-order valence-electron chi connectivity index (χ1n) is 6.10. The van der Waals surface area contributed by atoms with Crippen LogP contribution in [-0.4, -0.2) is 39.7 Å². The van der Waals surface area contributed by atoms with E-state index in [0.29, 0.717) is 5.56 Å². The van der Waals surface area contributed by atoms with E-state index < -0.39 is 23.0 Å². The van der Waals surface area contributed by atoms with Crippen LogP contribution in [0.2, 0.25) is 0 Å². The molecule has 1 atom stereocenters. The van der Waals surface area contributed by atoms with Gasteiger partial charge in [0.15, 0.2) is 5.78 Å². The van der Waals surface area contributed by atoms with Gasteiger partial charge in [-0.1, -0.05) is 30.0 Å². The predicted molar refractivity (Wildman–Crippen MR) is 78.5 cm³/mol. The maximum Gasteiger partial charge on any atom is 0.327 e. The van der Waals surface area contributed by atoms with Crippen molar-refractivity contribution in [2.45, 2.75) is 19.9 Å². The van der Waals surface area contributed by atoms with Gasteiger partial charge in [-0.2, -0.15) is 0 Å². The zero-order valence-electron chi connectivity index (χ0n) is 11.6. The van der Waals surface area contributed by atoms with Gasteiger partial charge in [-0.05, 0) is 13.0 Å². The third-order valence-corrected chi connectivity index (χ3v) is 3.57. The minimum absolute atomic E-state index is 0.111. The molecule has 0 saturated heterocycles. The average molecular weight is 309 g/mol. The molecule has 1 rings (SSSR count). The molecule has 0 spiro atoms. The second-order valence-corrected chi connectivity index (χ2v) is 5.28. The summed E-state index contributed by atoms with van der Waals surface area (Å²) in [5, 5.41) is 10.8. The first kappa shape index (κ1) is 16.9. The van der Waals surface area contributed by atoms with Crippen LogP contribution in [0.3, 0.4) is 0 Å². The van der Waals surface area contributed by atoms with Gasteiger partial charge in [-0.15, -0.1) is 0 Å². The van der Waals surface area contributed by atoms with Crippen LogP contribution >= 0.6 is 11.8 Å². The molecule has 0 fully saturated rings. The zero-order valence-corrected chi connectivity index (χ0v) is 12.4. The Morgan fingerprint density at radius 2 is 1.71 bits per heavy atom. The Morgan fingerprint density at radius 1 is 1.14 bits per heavy atom. The number of nitrogens with one attached hydrogen (secondary N) is 1. The summed E-state index contributed by atoms with van der Waals surface area (Å²) in [6.45, 7) is 2.56. The number of rotatable bonds is 6. The first-order valence-corrected chi connectivity index (χ1v) is 7.08. The number of carbonyl (C=O) groups excluding carboxylic acids is 3. The number of aliphatic carboxylic acids is 1. The molecule has 0 unspecified atom stereocenters. The van der Waals surface area contributed by atoms with E-state index in [2.05, 4.69) is 5.32 Å². The van der Waals surface area contributed by atoms with E-state index in [1.54, 1.807) is 18.2 Å². The molecule has 0 radical (unpaired) electrons. The molecule has 21 heavy (non-hydrogen) atoms. The maximum atomic E-state index is 12.1. The predicted octanol–water partition coefficient (Wildman–Crippen LogP) is 1.35. The molecular weight excluding hydrogens is 294 g/mol. The quantitative estimate of drug-likeness (QED) is 0.769. The molecular formula is C14H15NO5S. The number of ketones is 1. The molecule has 0 heterocycles. The summed E-state index contributed by atoms with van der Waals surface area (Å²) in [7, 11) is 0. The molecule has 0 bridgehead atoms. The monoisotopic (exact) mass is 309 g/mol. The van der Waals surface area contributed by atoms with Crippen molar-refractivity contribution >= 4 is 34.5 Å². The summed E-state index contributed by atoms with van der Waals surface area (Å²) in [5.74, 6) is -2.05. The Balaban J connectivity index is 2.79. The standard InChI is InChI=1S/C14H15NO5S/c1-8(16)10-5-3-4-6-11(10)14(20)21-7-12(13(18)19)15-9(2)17/h3-6,12H,7H2,1-2H3,(H,15,17)(H,18,19)/t12-/m0/s1. The number of carboxylic acid groups (broad SMARTS) is 1. The van der Waals surface area contributed by atoms with Crippen LogP contribution in [0.5, 0.6) is 0 Å². The molecule has 0 saturated carbocycles. The van der Waals surface area contributed by atoms with Crippen molar-refractivity contribution in [3.8, 4) is 0 Å². The van der Waals surface area contributed by atoms with E-state index >= 15 is 0 Å². The molecule has 0 aromatic heterocycles. The molecule has 1 aromatic carbocycles. The summed E-state index contributed by atoms with van der Waals surface area (Å²) in [6, 6.07) is 5.18. The SMILES string of the molecule is CC(=O)N[C@@H](CSC(=O)c1ccccc1C(C)=O)C(=O)O. The van der Waals surface area contributed by atoms with E-state index in [-0.39, 0.29) is 17.1 Å². The van der Waals surface area contributed by atoms with E-state index in [1.165, 1.54) is 19.9 Å². The molecule has 2 N–H and O–H groups in total. The van der Waals surface area contributed by atoms with E-state index in [9.17, 15) is 19.2 Å². The van der Waals surface area contributed by atoms with Crippen LogP contribution in [-0.2, 0) is 9.59 Å². The average Bonchev–Trinajstić information content (AvgIpc) is 2.42. The van der Waals surface area contributed by atoms with Crippen LogP contribution in [0.15, 0.2) is 24.3 Å². The van der Waals surface area contributed by atoms with Gasteiger partial charge in [-0.3, -0.25) is 14.4 Å². The number of Topliss-reactive ketones (excluding diaryl/α,β-unsaturated/α-hetero) is 1. The fourth-order valence-corrected chi connectivity index (χ4v) is 2.50. The Hall–Kier alpha value is -2.15. The summed E-state index contributed by atoms with van der Waals surface area (Å²) in [5.41, 5.74) is 0.531. The van der Waals surface area contributed by atoms with Crippen molar-refractivity contribution in [2.24, 2.45) is 0 Å². The van der Waals surface area contributed by atoms with Crippen LogP contribution in [0.4, 0.5) is 0 Å². The summed E-state index contributed by atoms with van der Waals surface area (Å²) >= 11 is 0.753. The molecule has 0 aliphatic carbocycles. The highest BCUT2D eigenvalue weighted by Gasteiger charge is 2.22. The van der Waals surface area contributed by atoms with Gasteiger partial charge >= 0.3 is 5.97 Å². The molecule has 1 amide bonds. The Kier molecular flexibility index (Phi) is 6.10. The van der Waals surface area contributed by atoms with Gasteiger partial charge in [0.1, 0.15) is 6.04 Å². The highest BCUT2D eigenvalue weighted by atomic mass is 32.2. The second kappa shape index (κ2) is 7.58. The number of carboxylic acids is 1. The maximum absolute atomic E-state index is 12.1. The largest absolute Gasteiger partial charge is 0.480 e. The molecule has 1 aromatic rings. The topological polar surface area (TPSA) is 101 Å². The Bertz CT molecular complexity index is 584. The van der Waals surface area contributed by atoms with Gasteiger partial charge in [0.25, 0.3) is 0 Å². The van der Waals surface area contributed by atoms with Crippen LogP contribution in [0, 0.1) is 0 Å². The zero-order chi connectivity index (χ0) is 16.0. The lowest BCUT2D eigenvalue weighted by Gasteiger charge is -2.12. The van der Waals surface area contributed by atoms with Crippen molar-refractivity contribution in [3.05, 3.63) is 35.4 Å². The lowest BCUT2D eigenvalue weighted by molar-refractivity contribution is -0.140. The van der Waals surface area contributed by atoms with E-state index in [4.69, 9.17) is 5.11 Å². The van der Waals surface area contributed by atoms with E-state index in [0.717, 1.165) is 11.8 Å². The van der Waals surface area contributed by atoms with E-state index in [1.807, 2.05) is 0 Å². The van der Waals surface area contributed by atoms with Crippen molar-refractivity contribution in [1.82, 2.24) is 5.32 Å². The summed E-state index contributed by atoms with van der Waals surface area (Å²) in [6.07, 6.45) is 0. The lowest BCUT2D eigenvalue weighted by Crippen LogP contribution is -2.41. The highest BCUT2D eigenvalue weighted by Crippen LogP contribution is 2.18. The third kappa shape index (κ3) is 5.03. The van der Waals surface area contributed by atoms with Crippen molar-refractivity contribution in [2.75, 3.05) is 5.75 Å². The fraction of sp³-hybridized carbons (Fsp3) is 0.286. The number of thioether (sulfide) groups is 1. The van der Waals surface area contributed by atoms with Gasteiger partial charge in [0.2, 0.25) is 11.0 Å². The molecule has 6 nitrogen and oxygen atoms in total. The minimum atomic E-state index is -1.22. The minimum Gasteiger partial charge on any atom is -0.480 e. The summed E-state index contributed by atoms with van der Waals surface area (Å²) < 4.78 is 0. The summed E-state index contributed by atoms with van der Waals surface area (Å²) in [4.78, 5) is 45.4. The van der Waals surface area contributed by atoms with Gasteiger partial charge in [-0.25, -0.2) is 4.79 Å². The van der Waals surface area contributed by atoms with Gasteiger partial charge in [0, 0.05) is 23.8 Å². The highest BCUT2D eigenvalue weighted by molar-refractivity contribution is 8.14. The van der Waals surface area contributed by atoms with Gasteiger partial charge < -0.3 is 10.4 Å². The molecule has 0 aliphatic rings. The second-order valence-electron chi connectivity index (χ2n) is 4.29. The normalized spacial score (nSPS) is 11.5. The molecule has 112 valence electrons. The lowest BCUT2D eigenvalue weighted by atomic mass is 10.1. The smallest absolute Gasteiger partial charge is 0.327 e. The molecule has 7 heteroatoms. The van der Waals surface area contributed by atoms with Crippen LogP contribution in [0.25, 0.3) is 0 Å². The van der Waals surface area contributed by atoms with Crippen molar-refractivity contribution in [1.29, 1.82) is 0 Å². The third-order valence-electron chi connectivity index (χ3n) is 2.58. The number of amides is 1. The first-order chi connectivity index (χ1) is 9.82. The number of carbonyl (C=O) groups is 4. The Labute approximate surface area is 125 Å². The number of hydrogen-bond acceptors (Lipinski definition) is 5. The number of hydrogen-bond donors (Lipinski definition) is 2. The van der Waals surface area contributed by atoms with Crippen molar-refractivity contribution in [3.63, 3.8) is 0 Å².